The fraction of sp³-hybridized carbons (Fsp3) is 0.385. The minimum atomic E-state index is -0.234. The number of nitrogens with two attached hydrogens (primary N) is 2. The monoisotopic (exact) mass is 358 g/mol. The zero-order valence-corrected chi connectivity index (χ0v) is 14.6. The minimum absolute atomic E-state index is 0.0174. The number of hydrogen-bond acceptors (Lipinski definition) is 10. The van der Waals surface area contributed by atoms with Gasteiger partial charge in [0.15, 0.2) is 21.8 Å². The Morgan fingerprint density at radius 1 is 1.04 bits per heavy atom. The number of hydrogen-bond donors (Lipinski definition) is 3. The van der Waals surface area contributed by atoms with E-state index in [0.717, 1.165) is 11.3 Å². The van der Waals surface area contributed by atoms with Gasteiger partial charge in [0.1, 0.15) is 0 Å². The highest BCUT2D eigenvalue weighted by atomic mass is 32.1. The van der Waals surface area contributed by atoms with Crippen LogP contribution in [0.15, 0.2) is 0 Å². The number of ether oxygens (including phenoxy) is 1. The molecule has 0 atom stereocenters. The van der Waals surface area contributed by atoms with Crippen molar-refractivity contribution in [2.24, 2.45) is 0 Å². The molecule has 10 heteroatoms. The van der Waals surface area contributed by atoms with E-state index in [1.54, 1.807) is 7.11 Å². The first kappa shape index (κ1) is 19.2. The molecule has 0 aliphatic carbocycles. The van der Waals surface area contributed by atoms with Crippen LogP contribution in [0.2, 0.25) is 0 Å². The van der Waals surface area contributed by atoms with E-state index >= 15 is 0 Å². The van der Waals surface area contributed by atoms with Gasteiger partial charge in [-0.2, -0.15) is 0 Å². The van der Waals surface area contributed by atoms with Crippen molar-refractivity contribution in [3.63, 3.8) is 0 Å². The zero-order valence-electron chi connectivity index (χ0n) is 13.0. The molecule has 5 N–H and O–H groups in total. The second kappa shape index (κ2) is 8.67. The van der Waals surface area contributed by atoms with E-state index in [-0.39, 0.29) is 18.2 Å². The molecule has 0 saturated heterocycles. The highest BCUT2D eigenvalue weighted by molar-refractivity contribution is 7.17. The summed E-state index contributed by atoms with van der Waals surface area (Å²) >= 11 is 2.30. The Labute approximate surface area is 141 Å². The average molecular weight is 358 g/mol. The normalized spacial score (nSPS) is 10.1. The predicted octanol–water partition coefficient (Wildman–Crippen LogP) is 1.49. The maximum Gasteiger partial charge on any atom is 0.181 e. The van der Waals surface area contributed by atoms with Crippen LogP contribution in [-0.4, -0.2) is 33.8 Å². The molecule has 2 aromatic heterocycles. The Balaban J connectivity index is 0.000000231. The number of rotatable bonds is 5. The molecule has 0 aliphatic rings. The molecule has 0 aliphatic heterocycles. The van der Waals surface area contributed by atoms with E-state index in [2.05, 4.69) is 9.97 Å². The summed E-state index contributed by atoms with van der Waals surface area (Å²) in [7, 11) is 1.56. The van der Waals surface area contributed by atoms with Crippen LogP contribution in [0.3, 0.4) is 0 Å². The average Bonchev–Trinajstić information content (AvgIpc) is 3.03. The zero-order chi connectivity index (χ0) is 17.6. The lowest BCUT2D eigenvalue weighted by Gasteiger charge is -1.94. The van der Waals surface area contributed by atoms with Crippen LogP contribution in [0, 0.1) is 0 Å². The number of ketones is 2. The molecule has 2 rings (SSSR count). The number of carbonyl (C=O) groups is 2. The Kier molecular flexibility index (Phi) is 7.23. The summed E-state index contributed by atoms with van der Waals surface area (Å²) in [6, 6.07) is 0. The van der Waals surface area contributed by atoms with Crippen molar-refractivity contribution in [3.05, 3.63) is 21.1 Å². The van der Waals surface area contributed by atoms with Crippen LogP contribution >= 0.6 is 22.7 Å². The lowest BCUT2D eigenvalue weighted by molar-refractivity contribution is 0.100. The number of methoxy groups -OCH3 is 1. The van der Waals surface area contributed by atoms with Gasteiger partial charge in [-0.25, -0.2) is 9.97 Å². The molecular formula is C13H18N4O4S2. The van der Waals surface area contributed by atoms with Crippen molar-refractivity contribution in [1.82, 2.24) is 9.97 Å². The molecule has 0 aromatic carbocycles. The third-order valence-corrected chi connectivity index (χ3v) is 4.55. The van der Waals surface area contributed by atoms with E-state index < -0.39 is 0 Å². The number of thiazole rings is 2. The van der Waals surface area contributed by atoms with Crippen molar-refractivity contribution in [3.8, 4) is 0 Å². The van der Waals surface area contributed by atoms with E-state index in [9.17, 15) is 9.59 Å². The van der Waals surface area contributed by atoms with Crippen molar-refractivity contribution >= 4 is 44.5 Å². The summed E-state index contributed by atoms with van der Waals surface area (Å²) in [6.45, 7) is 3.02. The number of aromatic nitrogens is 2. The van der Waals surface area contributed by atoms with Gasteiger partial charge in [-0.05, 0) is 0 Å². The van der Waals surface area contributed by atoms with E-state index in [1.807, 2.05) is 0 Å². The second-order valence-corrected chi connectivity index (χ2v) is 6.42. The van der Waals surface area contributed by atoms with Gasteiger partial charge in [0.2, 0.25) is 0 Å². The number of nitrogens with zero attached hydrogens (tertiary/aromatic N) is 2. The molecule has 0 unspecified atom stereocenters. The molecule has 0 fully saturated rings. The largest absolute Gasteiger partial charge is 0.390 e. The molecular weight excluding hydrogens is 340 g/mol. The summed E-state index contributed by atoms with van der Waals surface area (Å²) in [5.74, 6) is -0.125. The minimum Gasteiger partial charge on any atom is -0.390 e. The fourth-order valence-corrected chi connectivity index (χ4v) is 3.10. The summed E-state index contributed by atoms with van der Waals surface area (Å²) in [5, 5.41) is 9.45. The molecule has 0 radical (unpaired) electrons. The number of aliphatic hydroxyl groups is 1. The van der Waals surface area contributed by atoms with Crippen LogP contribution < -0.4 is 11.5 Å². The van der Waals surface area contributed by atoms with Gasteiger partial charge in [0.05, 0.1) is 34.4 Å². The van der Waals surface area contributed by atoms with Crippen LogP contribution in [0.5, 0.6) is 0 Å². The lowest BCUT2D eigenvalue weighted by atomic mass is 10.3. The topological polar surface area (TPSA) is 141 Å². The van der Waals surface area contributed by atoms with Crippen LogP contribution in [0.4, 0.5) is 10.3 Å². The predicted molar refractivity (Wildman–Crippen MR) is 89.7 cm³/mol. The Morgan fingerprint density at radius 2 is 1.48 bits per heavy atom. The molecule has 126 valence electrons. The number of nitrogen functional groups attached to an aromatic ring is 2. The van der Waals surface area contributed by atoms with E-state index in [1.165, 1.54) is 25.2 Å². The standard InChI is InChI=1S/C7H10N2O2S.C6H8N2O2S/c1-4(10)6-5(3-11-2)9-7(8)12-6;1-3(10)5-4(2-9)8-6(7)11-5/h3H2,1-2H3,(H2,8,9);9H,2H2,1H3,(H2,7,8). The van der Waals surface area contributed by atoms with Crippen LogP contribution in [-0.2, 0) is 18.0 Å². The smallest absolute Gasteiger partial charge is 0.181 e. The van der Waals surface area contributed by atoms with Crippen molar-refractivity contribution in [2.75, 3.05) is 18.6 Å². The lowest BCUT2D eigenvalue weighted by Crippen LogP contribution is -1.97. The molecule has 23 heavy (non-hydrogen) atoms. The summed E-state index contributed by atoms with van der Waals surface area (Å²) in [4.78, 5) is 30.6. The number of carbonyl (C=O) groups excluding carboxylic acids is 2. The molecule has 0 saturated carbocycles. The Bertz CT molecular complexity index is 696. The highest BCUT2D eigenvalue weighted by Gasteiger charge is 2.13. The first-order chi connectivity index (χ1) is 10.8. The third kappa shape index (κ3) is 5.36. The Morgan fingerprint density at radius 3 is 1.83 bits per heavy atom. The van der Waals surface area contributed by atoms with Crippen molar-refractivity contribution in [2.45, 2.75) is 27.1 Å². The Hall–Kier alpha value is -1.88. The molecule has 0 bridgehead atoms. The highest BCUT2D eigenvalue weighted by Crippen LogP contribution is 2.21. The molecule has 0 spiro atoms. The van der Waals surface area contributed by atoms with Gasteiger partial charge < -0.3 is 21.3 Å². The maximum atomic E-state index is 11.0. The van der Waals surface area contributed by atoms with E-state index in [0.29, 0.717) is 38.0 Å². The fourth-order valence-electron chi connectivity index (χ4n) is 1.63. The van der Waals surface area contributed by atoms with Crippen molar-refractivity contribution < 1.29 is 19.4 Å². The first-order valence-corrected chi connectivity index (χ1v) is 8.05. The molecule has 0 amide bonds. The van der Waals surface area contributed by atoms with E-state index in [4.69, 9.17) is 21.3 Å². The summed E-state index contributed by atoms with van der Waals surface area (Å²) in [5.41, 5.74) is 11.8. The molecule has 8 nitrogen and oxygen atoms in total. The maximum absolute atomic E-state index is 11.0. The van der Waals surface area contributed by atoms with Gasteiger partial charge in [-0.3, -0.25) is 9.59 Å². The first-order valence-electron chi connectivity index (χ1n) is 6.42. The quantitative estimate of drug-likeness (QED) is 0.683. The third-order valence-electron chi connectivity index (χ3n) is 2.50. The van der Waals surface area contributed by atoms with Gasteiger partial charge >= 0.3 is 0 Å². The van der Waals surface area contributed by atoms with Crippen molar-refractivity contribution in [1.29, 1.82) is 0 Å². The SMILES string of the molecule is CC(=O)c1sc(N)nc1CO.COCc1nc(N)sc1C(C)=O. The van der Waals surface area contributed by atoms with Crippen LogP contribution in [0.25, 0.3) is 0 Å². The van der Waals surface area contributed by atoms with Gasteiger partial charge in [0.25, 0.3) is 0 Å². The van der Waals surface area contributed by atoms with Gasteiger partial charge in [-0.1, -0.05) is 22.7 Å². The van der Waals surface area contributed by atoms with Crippen LogP contribution in [0.1, 0.15) is 44.6 Å². The number of Topliss-reactive ketones (excluding diaryl/α,β-unsaturated/α-hetero) is 2. The molecule has 2 aromatic rings. The second-order valence-electron chi connectivity index (χ2n) is 4.36. The molecule has 2 heterocycles. The number of aliphatic hydroxyl groups excluding tert-OH is 1. The number of anilines is 2. The summed E-state index contributed by atoms with van der Waals surface area (Å²) < 4.78 is 4.87. The van der Waals surface area contributed by atoms with Gasteiger partial charge in [-0.15, -0.1) is 0 Å². The summed E-state index contributed by atoms with van der Waals surface area (Å²) in [6.07, 6.45) is 0. The van der Waals surface area contributed by atoms with Gasteiger partial charge in [0, 0.05) is 21.0 Å².